The van der Waals surface area contributed by atoms with Gasteiger partial charge in [-0.3, -0.25) is 29.8 Å². The Labute approximate surface area is 218 Å². The first-order valence-corrected chi connectivity index (χ1v) is 12.6. The first-order chi connectivity index (χ1) is 17.9. The SMILES string of the molecule is CC(=O)Oc1ccc(C(=O)OCC(=O)Nc2ncc(S(=O)(=O)c3ccc([N+](=O)[O-])cc3)s2)cc1OC(C)=O. The van der Waals surface area contributed by atoms with Crippen molar-refractivity contribution in [1.82, 2.24) is 4.98 Å². The van der Waals surface area contributed by atoms with Gasteiger partial charge in [-0.2, -0.15) is 0 Å². The molecule has 0 aliphatic heterocycles. The van der Waals surface area contributed by atoms with Crippen LogP contribution in [0.15, 0.2) is 57.8 Å². The molecule has 0 bridgehead atoms. The normalized spacial score (nSPS) is 10.8. The third kappa shape index (κ3) is 6.95. The number of sulfone groups is 1. The van der Waals surface area contributed by atoms with E-state index in [9.17, 15) is 37.7 Å². The van der Waals surface area contributed by atoms with Crippen LogP contribution in [0.5, 0.6) is 11.5 Å². The lowest BCUT2D eigenvalue weighted by Crippen LogP contribution is -2.21. The van der Waals surface area contributed by atoms with E-state index in [-0.39, 0.29) is 37.0 Å². The average molecular weight is 564 g/mol. The van der Waals surface area contributed by atoms with Crippen molar-refractivity contribution >= 4 is 55.8 Å². The summed E-state index contributed by atoms with van der Waals surface area (Å²) in [6.45, 7) is 1.47. The van der Waals surface area contributed by atoms with Gasteiger partial charge in [0.1, 0.15) is 4.21 Å². The van der Waals surface area contributed by atoms with Gasteiger partial charge in [0.15, 0.2) is 23.2 Å². The Balaban J connectivity index is 1.63. The number of aromatic nitrogens is 1. The maximum absolute atomic E-state index is 12.7. The standard InChI is InChI=1S/C22H17N3O11S2/c1-12(26)35-17-8-3-14(9-18(17)36-13(2)27)21(29)34-11-19(28)24-22-23-10-20(37-22)38(32,33)16-6-4-15(5-7-16)25(30)31/h3-10H,11H2,1-2H3,(H,23,24,28). The van der Waals surface area contributed by atoms with Crippen molar-refractivity contribution in [2.24, 2.45) is 0 Å². The van der Waals surface area contributed by atoms with Crippen molar-refractivity contribution in [1.29, 1.82) is 0 Å². The quantitative estimate of drug-likeness (QED) is 0.173. The molecule has 0 unspecified atom stereocenters. The fraction of sp³-hybridized carbons (Fsp3) is 0.136. The van der Waals surface area contributed by atoms with Crippen molar-refractivity contribution in [3.63, 3.8) is 0 Å². The van der Waals surface area contributed by atoms with Gasteiger partial charge in [-0.1, -0.05) is 11.3 Å². The third-order valence-electron chi connectivity index (χ3n) is 4.37. The fourth-order valence-electron chi connectivity index (χ4n) is 2.78. The van der Waals surface area contributed by atoms with Crippen molar-refractivity contribution in [2.45, 2.75) is 23.0 Å². The number of carbonyl (C=O) groups excluding carboxylic acids is 4. The number of anilines is 1. The molecule has 1 heterocycles. The average Bonchev–Trinajstić information content (AvgIpc) is 3.32. The lowest BCUT2D eigenvalue weighted by molar-refractivity contribution is -0.384. The highest BCUT2D eigenvalue weighted by Gasteiger charge is 2.23. The summed E-state index contributed by atoms with van der Waals surface area (Å²) in [6, 6.07) is 7.78. The molecule has 0 aliphatic carbocycles. The zero-order valence-corrected chi connectivity index (χ0v) is 21.2. The van der Waals surface area contributed by atoms with Crippen LogP contribution in [0.3, 0.4) is 0 Å². The van der Waals surface area contributed by atoms with Crippen LogP contribution < -0.4 is 14.8 Å². The lowest BCUT2D eigenvalue weighted by Gasteiger charge is -2.10. The zero-order chi connectivity index (χ0) is 28.0. The predicted molar refractivity (Wildman–Crippen MR) is 129 cm³/mol. The molecule has 14 nitrogen and oxygen atoms in total. The van der Waals surface area contributed by atoms with Crippen molar-refractivity contribution in [2.75, 3.05) is 11.9 Å². The summed E-state index contributed by atoms with van der Waals surface area (Å²) in [6.07, 6.45) is 1.00. The number of carbonyl (C=O) groups is 4. The number of hydrogen-bond acceptors (Lipinski definition) is 13. The summed E-state index contributed by atoms with van der Waals surface area (Å²) in [7, 11) is -4.05. The van der Waals surface area contributed by atoms with Crippen LogP contribution in [-0.2, 0) is 29.0 Å². The van der Waals surface area contributed by atoms with Gasteiger partial charge in [0.25, 0.3) is 11.6 Å². The Morgan fingerprint density at radius 2 is 1.63 bits per heavy atom. The molecule has 16 heteroatoms. The number of ether oxygens (including phenoxy) is 3. The van der Waals surface area contributed by atoms with Crippen LogP contribution in [0.25, 0.3) is 0 Å². The highest BCUT2D eigenvalue weighted by Crippen LogP contribution is 2.30. The van der Waals surface area contributed by atoms with E-state index in [1.807, 2.05) is 0 Å². The molecule has 1 aromatic heterocycles. The second kappa shape index (κ2) is 11.6. The topological polar surface area (TPSA) is 198 Å². The number of non-ortho nitro benzene ring substituents is 1. The summed E-state index contributed by atoms with van der Waals surface area (Å²) in [5, 5.41) is 13.0. The molecular weight excluding hydrogens is 546 g/mol. The Morgan fingerprint density at radius 1 is 1.00 bits per heavy atom. The minimum atomic E-state index is -4.05. The van der Waals surface area contributed by atoms with Gasteiger partial charge in [0, 0.05) is 26.0 Å². The molecule has 1 amide bonds. The van der Waals surface area contributed by atoms with Crippen LogP contribution >= 0.6 is 11.3 Å². The summed E-state index contributed by atoms with van der Waals surface area (Å²) in [4.78, 5) is 60.8. The Morgan fingerprint density at radius 3 is 2.24 bits per heavy atom. The second-order valence-electron chi connectivity index (χ2n) is 7.21. The summed E-state index contributed by atoms with van der Waals surface area (Å²) < 4.78 is 40.0. The van der Waals surface area contributed by atoms with Gasteiger partial charge >= 0.3 is 17.9 Å². The molecule has 198 valence electrons. The van der Waals surface area contributed by atoms with E-state index < -0.39 is 45.2 Å². The monoisotopic (exact) mass is 563 g/mol. The number of thiazole rings is 1. The minimum absolute atomic E-state index is 0.102. The van der Waals surface area contributed by atoms with E-state index in [1.54, 1.807) is 0 Å². The van der Waals surface area contributed by atoms with Gasteiger partial charge < -0.3 is 14.2 Å². The molecule has 0 atom stereocenters. The summed E-state index contributed by atoms with van der Waals surface area (Å²) in [5.74, 6) is -3.54. The van der Waals surface area contributed by atoms with Crippen molar-refractivity contribution in [3.05, 3.63) is 64.3 Å². The van der Waals surface area contributed by atoms with E-state index >= 15 is 0 Å². The molecule has 0 radical (unpaired) electrons. The van der Waals surface area contributed by atoms with Gasteiger partial charge in [-0.25, -0.2) is 18.2 Å². The number of nitrogens with one attached hydrogen (secondary N) is 1. The largest absolute Gasteiger partial charge is 0.452 e. The maximum atomic E-state index is 12.7. The number of nitro benzene ring substituents is 1. The van der Waals surface area contributed by atoms with Gasteiger partial charge in [-0.15, -0.1) is 0 Å². The number of rotatable bonds is 9. The number of hydrogen-bond donors (Lipinski definition) is 1. The molecule has 0 fully saturated rings. The first kappa shape index (κ1) is 27.9. The number of esters is 3. The van der Waals surface area contributed by atoms with E-state index in [0.29, 0.717) is 11.3 Å². The highest BCUT2D eigenvalue weighted by molar-refractivity contribution is 7.93. The molecule has 0 saturated carbocycles. The van der Waals surface area contributed by atoms with Crippen LogP contribution in [0.4, 0.5) is 10.8 Å². The number of nitro groups is 1. The second-order valence-corrected chi connectivity index (χ2v) is 10.4. The molecule has 3 rings (SSSR count). The summed E-state index contributed by atoms with van der Waals surface area (Å²) >= 11 is 0.623. The Bertz CT molecular complexity index is 1530. The predicted octanol–water partition coefficient (Wildman–Crippen LogP) is 2.53. The van der Waals surface area contributed by atoms with Gasteiger partial charge in [0.2, 0.25) is 9.84 Å². The minimum Gasteiger partial charge on any atom is -0.452 e. The number of benzene rings is 2. The van der Waals surface area contributed by atoms with Crippen molar-refractivity contribution < 1.29 is 46.7 Å². The smallest absolute Gasteiger partial charge is 0.338 e. The third-order valence-corrected chi connectivity index (χ3v) is 7.52. The highest BCUT2D eigenvalue weighted by atomic mass is 32.2. The lowest BCUT2D eigenvalue weighted by atomic mass is 10.2. The Kier molecular flexibility index (Phi) is 8.49. The molecule has 1 N–H and O–H groups in total. The molecule has 2 aromatic carbocycles. The van der Waals surface area contributed by atoms with E-state index in [1.165, 1.54) is 12.1 Å². The van der Waals surface area contributed by atoms with Crippen LogP contribution in [0, 0.1) is 10.1 Å². The molecule has 0 aliphatic rings. The molecular formula is C22H17N3O11S2. The molecule has 0 spiro atoms. The maximum Gasteiger partial charge on any atom is 0.338 e. The number of nitrogens with zero attached hydrogens (tertiary/aromatic N) is 2. The Hall–Kier alpha value is -4.70. The fourth-order valence-corrected chi connectivity index (χ4v) is 5.23. The summed E-state index contributed by atoms with van der Waals surface area (Å²) in [5.41, 5.74) is -0.394. The van der Waals surface area contributed by atoms with Crippen molar-refractivity contribution in [3.8, 4) is 11.5 Å². The zero-order valence-electron chi connectivity index (χ0n) is 19.5. The number of amides is 1. The van der Waals surface area contributed by atoms with Crippen LogP contribution in [-0.4, -0.2) is 48.7 Å². The van der Waals surface area contributed by atoms with Crippen LogP contribution in [0.2, 0.25) is 0 Å². The van der Waals surface area contributed by atoms with Gasteiger partial charge in [-0.05, 0) is 30.3 Å². The van der Waals surface area contributed by atoms with E-state index in [2.05, 4.69) is 10.3 Å². The first-order valence-electron chi connectivity index (χ1n) is 10.3. The van der Waals surface area contributed by atoms with Gasteiger partial charge in [0.05, 0.1) is 21.6 Å². The molecule has 3 aromatic rings. The molecule has 38 heavy (non-hydrogen) atoms. The van der Waals surface area contributed by atoms with Crippen LogP contribution in [0.1, 0.15) is 24.2 Å². The molecule has 0 saturated heterocycles. The van der Waals surface area contributed by atoms with E-state index in [0.717, 1.165) is 50.4 Å². The van der Waals surface area contributed by atoms with E-state index in [4.69, 9.17) is 14.2 Å².